The largest absolute Gasteiger partial charge is 0.403 e. The van der Waals surface area contributed by atoms with Crippen molar-refractivity contribution in [3.8, 4) is 11.5 Å². The molecule has 6 nitrogen and oxygen atoms in total. The Morgan fingerprint density at radius 1 is 1.12 bits per heavy atom. The fourth-order valence-corrected chi connectivity index (χ4v) is 3.34. The third-order valence-corrected chi connectivity index (χ3v) is 4.57. The van der Waals surface area contributed by atoms with E-state index in [1.807, 2.05) is 0 Å². The van der Waals surface area contributed by atoms with E-state index < -0.39 is 5.91 Å². The Morgan fingerprint density at radius 3 is 2.38 bits per heavy atom. The van der Waals surface area contributed by atoms with Crippen molar-refractivity contribution in [2.75, 3.05) is 5.32 Å². The maximum atomic E-state index is 12.1. The van der Waals surface area contributed by atoms with Gasteiger partial charge in [0.2, 0.25) is 0 Å². The molecule has 0 fully saturated rings. The van der Waals surface area contributed by atoms with E-state index in [4.69, 9.17) is 27.6 Å². The predicted octanol–water partition coefficient (Wildman–Crippen LogP) is 4.56. The van der Waals surface area contributed by atoms with Gasteiger partial charge in [-0.05, 0) is 25.1 Å². The van der Waals surface area contributed by atoms with E-state index >= 15 is 0 Å². The van der Waals surface area contributed by atoms with Crippen LogP contribution in [0, 0.1) is 0 Å². The van der Waals surface area contributed by atoms with Crippen molar-refractivity contribution in [3.63, 3.8) is 0 Å². The molecule has 0 aliphatic carbocycles. The van der Waals surface area contributed by atoms with Crippen molar-refractivity contribution in [1.82, 2.24) is 10.2 Å². The van der Waals surface area contributed by atoms with E-state index in [2.05, 4.69) is 15.5 Å². The molecule has 3 aromatic rings. The quantitative estimate of drug-likeness (QED) is 0.669. The Morgan fingerprint density at radius 2 is 1.79 bits per heavy atom. The van der Waals surface area contributed by atoms with Gasteiger partial charge in [0.15, 0.2) is 5.78 Å². The van der Waals surface area contributed by atoms with Crippen LogP contribution in [0.15, 0.2) is 34.7 Å². The van der Waals surface area contributed by atoms with Crippen LogP contribution in [0.4, 0.5) is 6.01 Å². The van der Waals surface area contributed by atoms with E-state index in [1.54, 1.807) is 30.3 Å². The summed E-state index contributed by atoms with van der Waals surface area (Å²) in [6.45, 7) is 1.46. The Hall–Kier alpha value is -2.22. The van der Waals surface area contributed by atoms with Gasteiger partial charge in [-0.25, -0.2) is 0 Å². The third kappa shape index (κ3) is 3.48. The number of benzene rings is 1. The lowest BCUT2D eigenvalue weighted by molar-refractivity contribution is 0.100. The lowest BCUT2D eigenvalue weighted by Crippen LogP contribution is -2.12. The summed E-state index contributed by atoms with van der Waals surface area (Å²) in [7, 11) is 0. The lowest BCUT2D eigenvalue weighted by Gasteiger charge is -2.01. The Kier molecular flexibility index (Phi) is 4.66. The minimum Gasteiger partial charge on any atom is -0.403 e. The van der Waals surface area contributed by atoms with Crippen molar-refractivity contribution >= 4 is 52.2 Å². The summed E-state index contributed by atoms with van der Waals surface area (Å²) in [6, 6.07) is 7.77. The fourth-order valence-electron chi connectivity index (χ4n) is 1.89. The molecule has 1 amide bonds. The molecule has 0 saturated heterocycles. The highest BCUT2D eigenvalue weighted by atomic mass is 35.5. The summed E-state index contributed by atoms with van der Waals surface area (Å²) in [5.41, 5.74) is 1.39. The third-order valence-electron chi connectivity index (χ3n) is 3.09. The normalized spacial score (nSPS) is 10.6. The van der Waals surface area contributed by atoms with Gasteiger partial charge < -0.3 is 4.42 Å². The van der Waals surface area contributed by atoms with Gasteiger partial charge in [-0.3, -0.25) is 14.9 Å². The number of rotatable bonds is 4. The molecule has 2 heterocycles. The van der Waals surface area contributed by atoms with Crippen LogP contribution in [0.3, 0.4) is 0 Å². The van der Waals surface area contributed by atoms with Crippen LogP contribution in [-0.2, 0) is 0 Å². The number of hydrogen-bond acceptors (Lipinski definition) is 6. The highest BCUT2D eigenvalue weighted by molar-refractivity contribution is 7.20. The van der Waals surface area contributed by atoms with E-state index in [0.29, 0.717) is 25.4 Å². The number of nitrogens with zero attached hydrogens (tertiary/aromatic N) is 2. The first kappa shape index (κ1) is 16.6. The average molecular weight is 382 g/mol. The van der Waals surface area contributed by atoms with Crippen molar-refractivity contribution in [3.05, 3.63) is 50.1 Å². The number of carbonyl (C=O) groups excluding carboxylic acids is 2. The van der Waals surface area contributed by atoms with Crippen LogP contribution in [0.25, 0.3) is 11.5 Å². The summed E-state index contributed by atoms with van der Waals surface area (Å²) in [5.74, 6) is -0.352. The van der Waals surface area contributed by atoms with E-state index in [0.717, 1.165) is 0 Å². The summed E-state index contributed by atoms with van der Waals surface area (Å²) in [4.78, 5) is 23.4. The molecule has 3 rings (SSSR count). The lowest BCUT2D eigenvalue weighted by atomic mass is 10.1. The highest BCUT2D eigenvalue weighted by Crippen LogP contribution is 2.37. The number of anilines is 1. The predicted molar refractivity (Wildman–Crippen MR) is 92.0 cm³/mol. The molecule has 24 heavy (non-hydrogen) atoms. The van der Waals surface area contributed by atoms with Gasteiger partial charge in [0.05, 0.1) is 9.90 Å². The summed E-state index contributed by atoms with van der Waals surface area (Å²) in [5, 5.41) is 10.1. The summed E-state index contributed by atoms with van der Waals surface area (Å²) in [6.07, 6.45) is 0. The number of nitrogens with one attached hydrogen (secondary N) is 1. The summed E-state index contributed by atoms with van der Waals surface area (Å²) >= 11 is 13.1. The minimum absolute atomic E-state index is 0.0657. The molecule has 2 aromatic heterocycles. The van der Waals surface area contributed by atoms with Gasteiger partial charge in [0.25, 0.3) is 11.8 Å². The molecule has 1 N–H and O–H groups in total. The maximum Gasteiger partial charge on any atom is 0.322 e. The topological polar surface area (TPSA) is 85.1 Å². The highest BCUT2D eigenvalue weighted by Gasteiger charge is 2.17. The van der Waals surface area contributed by atoms with Gasteiger partial charge in [0, 0.05) is 11.1 Å². The second kappa shape index (κ2) is 6.72. The first-order valence-corrected chi connectivity index (χ1v) is 8.22. The summed E-state index contributed by atoms with van der Waals surface area (Å²) < 4.78 is 6.28. The van der Waals surface area contributed by atoms with Gasteiger partial charge >= 0.3 is 6.01 Å². The van der Waals surface area contributed by atoms with Gasteiger partial charge in [-0.2, -0.15) is 0 Å². The van der Waals surface area contributed by atoms with Crippen LogP contribution < -0.4 is 5.32 Å². The number of ketones is 1. The Bertz CT molecular complexity index is 918. The number of halogens is 2. The van der Waals surface area contributed by atoms with Crippen molar-refractivity contribution in [2.45, 2.75) is 6.92 Å². The second-order valence-corrected chi connectivity index (χ2v) is 7.02. The van der Waals surface area contributed by atoms with E-state index in [-0.39, 0.29) is 17.7 Å². The number of carbonyl (C=O) groups is 2. The standard InChI is InChI=1S/C15H9Cl2N3O3S/c1-7(21)8-2-4-9(5-3-8)13(22)18-15-20-19-14(23-15)10-6-11(16)24-12(10)17/h2-6H,1H3,(H,18,20,22). The number of thiophene rings is 1. The van der Waals surface area contributed by atoms with Crippen LogP contribution in [0.5, 0.6) is 0 Å². The molecule has 0 aliphatic rings. The molecular formula is C15H9Cl2N3O3S. The van der Waals surface area contributed by atoms with Crippen LogP contribution >= 0.6 is 34.5 Å². The first-order chi connectivity index (χ1) is 11.4. The molecule has 0 radical (unpaired) electrons. The number of hydrogen-bond donors (Lipinski definition) is 1. The smallest absolute Gasteiger partial charge is 0.322 e. The average Bonchev–Trinajstić information content (AvgIpc) is 3.13. The molecule has 0 spiro atoms. The molecule has 0 bridgehead atoms. The minimum atomic E-state index is -0.435. The Labute approximate surface area is 150 Å². The van der Waals surface area contributed by atoms with Crippen molar-refractivity contribution in [2.24, 2.45) is 0 Å². The zero-order valence-electron chi connectivity index (χ0n) is 12.2. The zero-order valence-corrected chi connectivity index (χ0v) is 14.5. The molecule has 1 aromatic carbocycles. The molecule has 122 valence electrons. The van der Waals surface area contributed by atoms with Crippen LogP contribution in [0.1, 0.15) is 27.6 Å². The molecule has 9 heteroatoms. The van der Waals surface area contributed by atoms with Crippen molar-refractivity contribution in [1.29, 1.82) is 0 Å². The van der Waals surface area contributed by atoms with Gasteiger partial charge in [-0.15, -0.1) is 16.4 Å². The number of amides is 1. The molecular weight excluding hydrogens is 373 g/mol. The van der Waals surface area contributed by atoms with Crippen LogP contribution in [-0.4, -0.2) is 21.9 Å². The zero-order chi connectivity index (χ0) is 17.3. The number of aromatic nitrogens is 2. The Balaban J connectivity index is 1.75. The van der Waals surface area contributed by atoms with Crippen LogP contribution in [0.2, 0.25) is 8.67 Å². The second-order valence-electron chi connectivity index (χ2n) is 4.74. The fraction of sp³-hybridized carbons (Fsp3) is 0.0667. The van der Waals surface area contributed by atoms with Crippen molar-refractivity contribution < 1.29 is 14.0 Å². The first-order valence-electron chi connectivity index (χ1n) is 6.65. The molecule has 0 saturated carbocycles. The molecule has 0 unspecified atom stereocenters. The molecule has 0 atom stereocenters. The molecule has 0 aliphatic heterocycles. The van der Waals surface area contributed by atoms with E-state index in [9.17, 15) is 9.59 Å². The monoisotopic (exact) mass is 381 g/mol. The van der Waals surface area contributed by atoms with Gasteiger partial charge in [0.1, 0.15) is 4.34 Å². The van der Waals surface area contributed by atoms with Gasteiger partial charge in [-0.1, -0.05) is 40.4 Å². The number of Topliss-reactive ketones (excluding diaryl/α,β-unsaturated/α-hetero) is 1. The SMILES string of the molecule is CC(=O)c1ccc(C(=O)Nc2nnc(-c3cc(Cl)sc3Cl)o2)cc1. The maximum absolute atomic E-state index is 12.1. The van der Waals surface area contributed by atoms with E-state index in [1.165, 1.54) is 18.3 Å².